The zero-order valence-electron chi connectivity index (χ0n) is 9.90. The van der Waals surface area contributed by atoms with Crippen LogP contribution in [0.4, 0.5) is 5.82 Å². The number of rotatable bonds is 3. The van der Waals surface area contributed by atoms with Gasteiger partial charge in [-0.2, -0.15) is 0 Å². The van der Waals surface area contributed by atoms with E-state index in [4.69, 9.17) is 4.74 Å². The average Bonchev–Trinajstić information content (AvgIpc) is 2.67. The van der Waals surface area contributed by atoms with E-state index in [1.165, 1.54) is 24.8 Å². The first-order valence-electron chi connectivity index (χ1n) is 5.25. The van der Waals surface area contributed by atoms with E-state index in [0.717, 1.165) is 28.1 Å². The summed E-state index contributed by atoms with van der Waals surface area (Å²) in [7, 11) is 1.38. The van der Waals surface area contributed by atoms with Gasteiger partial charge in [0, 0.05) is 6.54 Å². The number of carbonyl (C=O) groups excluding carboxylic acids is 1. The van der Waals surface area contributed by atoms with Crippen LogP contribution in [-0.4, -0.2) is 29.6 Å². The molecule has 0 unspecified atom stereocenters. The lowest BCUT2D eigenvalue weighted by atomic mass is 10.2. The van der Waals surface area contributed by atoms with Gasteiger partial charge in [-0.3, -0.25) is 0 Å². The van der Waals surface area contributed by atoms with Crippen molar-refractivity contribution >= 4 is 33.3 Å². The number of aromatic nitrogens is 2. The molecule has 0 saturated heterocycles. The Kier molecular flexibility index (Phi) is 3.23. The third kappa shape index (κ3) is 1.95. The molecule has 5 nitrogen and oxygen atoms in total. The van der Waals surface area contributed by atoms with E-state index in [9.17, 15) is 4.79 Å². The van der Waals surface area contributed by atoms with Crippen molar-refractivity contribution < 1.29 is 9.53 Å². The first-order chi connectivity index (χ1) is 8.19. The maximum Gasteiger partial charge on any atom is 0.348 e. The number of methoxy groups -OCH3 is 1. The van der Waals surface area contributed by atoms with Crippen LogP contribution in [0.3, 0.4) is 0 Å². The molecule has 2 aromatic heterocycles. The molecule has 0 aromatic carbocycles. The number of aryl methyl sites for hydroxylation is 1. The van der Waals surface area contributed by atoms with Gasteiger partial charge in [-0.1, -0.05) is 0 Å². The van der Waals surface area contributed by atoms with Crippen LogP contribution in [0.2, 0.25) is 0 Å². The second kappa shape index (κ2) is 4.67. The lowest BCUT2D eigenvalue weighted by Gasteiger charge is -2.03. The molecule has 0 saturated carbocycles. The standard InChI is InChI=1S/C11H13N3O2S/c1-4-12-9-7-6(2)8(11(15)16-3)17-10(7)14-5-13-9/h5H,4H2,1-3H3,(H,12,13,14). The number of hydrogen-bond acceptors (Lipinski definition) is 6. The van der Waals surface area contributed by atoms with E-state index in [2.05, 4.69) is 15.3 Å². The molecule has 0 spiro atoms. The Balaban J connectivity index is 2.65. The smallest absolute Gasteiger partial charge is 0.348 e. The Morgan fingerprint density at radius 3 is 2.94 bits per heavy atom. The van der Waals surface area contributed by atoms with Crippen LogP contribution in [0.25, 0.3) is 10.2 Å². The SMILES string of the molecule is CCNc1ncnc2sc(C(=O)OC)c(C)c12. The number of ether oxygens (including phenoxy) is 1. The minimum Gasteiger partial charge on any atom is -0.465 e. The molecule has 6 heteroatoms. The molecule has 2 heterocycles. The molecule has 0 amide bonds. The summed E-state index contributed by atoms with van der Waals surface area (Å²) >= 11 is 1.33. The van der Waals surface area contributed by atoms with Crippen molar-refractivity contribution in [2.24, 2.45) is 0 Å². The van der Waals surface area contributed by atoms with E-state index in [0.29, 0.717) is 4.88 Å². The Morgan fingerprint density at radius 1 is 1.53 bits per heavy atom. The van der Waals surface area contributed by atoms with Gasteiger partial charge in [0.1, 0.15) is 21.9 Å². The molecule has 1 N–H and O–H groups in total. The van der Waals surface area contributed by atoms with Gasteiger partial charge in [-0.15, -0.1) is 11.3 Å². The van der Waals surface area contributed by atoms with Crippen LogP contribution >= 0.6 is 11.3 Å². The molecule has 2 rings (SSSR count). The highest BCUT2D eigenvalue weighted by Crippen LogP contribution is 2.33. The Morgan fingerprint density at radius 2 is 2.29 bits per heavy atom. The van der Waals surface area contributed by atoms with Crippen molar-refractivity contribution in [3.05, 3.63) is 16.8 Å². The fourth-order valence-electron chi connectivity index (χ4n) is 1.66. The third-order valence-corrected chi connectivity index (χ3v) is 3.62. The summed E-state index contributed by atoms with van der Waals surface area (Å²) in [5.74, 6) is 0.439. The lowest BCUT2D eigenvalue weighted by Crippen LogP contribution is -2.02. The molecule has 0 atom stereocenters. The molecule has 2 aromatic rings. The normalized spacial score (nSPS) is 10.5. The van der Waals surface area contributed by atoms with Gasteiger partial charge >= 0.3 is 5.97 Å². The van der Waals surface area contributed by atoms with Gasteiger partial charge in [0.2, 0.25) is 0 Å². The third-order valence-electron chi connectivity index (χ3n) is 2.44. The number of thiophene rings is 1. The summed E-state index contributed by atoms with van der Waals surface area (Å²) in [6.45, 7) is 4.65. The van der Waals surface area contributed by atoms with Crippen molar-refractivity contribution in [2.45, 2.75) is 13.8 Å². The number of hydrogen-bond donors (Lipinski definition) is 1. The second-order valence-electron chi connectivity index (χ2n) is 3.48. The number of nitrogens with zero attached hydrogens (tertiary/aromatic N) is 2. The summed E-state index contributed by atoms with van der Waals surface area (Å²) in [6.07, 6.45) is 1.50. The van der Waals surface area contributed by atoms with E-state index in [1.807, 2.05) is 13.8 Å². The Labute approximate surface area is 103 Å². The molecule has 0 bridgehead atoms. The van der Waals surface area contributed by atoms with Crippen LogP contribution in [-0.2, 0) is 4.74 Å². The molecular weight excluding hydrogens is 238 g/mol. The Bertz CT molecular complexity index is 565. The Hall–Kier alpha value is -1.69. The summed E-state index contributed by atoms with van der Waals surface area (Å²) in [6, 6.07) is 0. The molecule has 0 radical (unpaired) electrons. The largest absolute Gasteiger partial charge is 0.465 e. The van der Waals surface area contributed by atoms with Crippen molar-refractivity contribution in [3.63, 3.8) is 0 Å². The second-order valence-corrected chi connectivity index (χ2v) is 4.48. The zero-order chi connectivity index (χ0) is 12.4. The average molecular weight is 251 g/mol. The van der Waals surface area contributed by atoms with Gasteiger partial charge in [0.15, 0.2) is 0 Å². The summed E-state index contributed by atoms with van der Waals surface area (Å²) < 4.78 is 4.75. The maximum absolute atomic E-state index is 11.6. The van der Waals surface area contributed by atoms with E-state index in [1.54, 1.807) is 0 Å². The van der Waals surface area contributed by atoms with Crippen molar-refractivity contribution in [1.82, 2.24) is 9.97 Å². The van der Waals surface area contributed by atoms with E-state index >= 15 is 0 Å². The molecule has 90 valence electrons. The number of nitrogens with one attached hydrogen (secondary N) is 1. The molecule has 0 aliphatic rings. The first kappa shape index (κ1) is 11.8. The molecule has 0 aliphatic carbocycles. The van der Waals surface area contributed by atoms with Crippen LogP contribution in [0.15, 0.2) is 6.33 Å². The maximum atomic E-state index is 11.6. The highest BCUT2D eigenvalue weighted by molar-refractivity contribution is 7.20. The molecular formula is C11H13N3O2S. The minimum atomic E-state index is -0.326. The first-order valence-corrected chi connectivity index (χ1v) is 6.07. The highest BCUT2D eigenvalue weighted by Gasteiger charge is 2.19. The van der Waals surface area contributed by atoms with Crippen LogP contribution in [0.5, 0.6) is 0 Å². The van der Waals surface area contributed by atoms with E-state index < -0.39 is 0 Å². The zero-order valence-corrected chi connectivity index (χ0v) is 10.7. The summed E-state index contributed by atoms with van der Waals surface area (Å²) in [5.41, 5.74) is 0.869. The number of carbonyl (C=O) groups is 1. The van der Waals surface area contributed by atoms with Gasteiger partial charge < -0.3 is 10.1 Å². The van der Waals surface area contributed by atoms with E-state index in [-0.39, 0.29) is 5.97 Å². The van der Waals surface area contributed by atoms with Crippen molar-refractivity contribution in [3.8, 4) is 0 Å². The van der Waals surface area contributed by atoms with Gasteiger partial charge in [-0.25, -0.2) is 14.8 Å². The fourth-order valence-corrected chi connectivity index (χ4v) is 2.73. The van der Waals surface area contributed by atoms with Gasteiger partial charge in [0.05, 0.1) is 12.5 Å². The molecule has 0 fully saturated rings. The molecule has 17 heavy (non-hydrogen) atoms. The number of anilines is 1. The predicted molar refractivity (Wildman–Crippen MR) is 67.7 cm³/mol. The summed E-state index contributed by atoms with van der Waals surface area (Å²) in [4.78, 5) is 21.3. The fraction of sp³-hybridized carbons (Fsp3) is 0.364. The predicted octanol–water partition coefficient (Wildman–Crippen LogP) is 2.22. The van der Waals surface area contributed by atoms with Crippen molar-refractivity contribution in [1.29, 1.82) is 0 Å². The van der Waals surface area contributed by atoms with Crippen LogP contribution in [0, 0.1) is 6.92 Å². The lowest BCUT2D eigenvalue weighted by molar-refractivity contribution is 0.0605. The van der Waals surface area contributed by atoms with Crippen molar-refractivity contribution in [2.75, 3.05) is 19.0 Å². The highest BCUT2D eigenvalue weighted by atomic mass is 32.1. The topological polar surface area (TPSA) is 64.1 Å². The number of fused-ring (bicyclic) bond motifs is 1. The summed E-state index contributed by atoms with van der Waals surface area (Å²) in [5, 5.41) is 4.07. The minimum absolute atomic E-state index is 0.326. The quantitative estimate of drug-likeness (QED) is 0.847. The molecule has 0 aliphatic heterocycles. The van der Waals surface area contributed by atoms with Crippen LogP contribution in [0.1, 0.15) is 22.2 Å². The monoisotopic (exact) mass is 251 g/mol. The van der Waals surface area contributed by atoms with Crippen LogP contribution < -0.4 is 5.32 Å². The van der Waals surface area contributed by atoms with Gasteiger partial charge in [0.25, 0.3) is 0 Å². The van der Waals surface area contributed by atoms with Gasteiger partial charge in [-0.05, 0) is 19.4 Å². The number of esters is 1.